The van der Waals surface area contributed by atoms with Crippen LogP contribution in [-0.2, 0) is 6.61 Å². The van der Waals surface area contributed by atoms with Crippen molar-refractivity contribution in [1.82, 2.24) is 9.38 Å². The summed E-state index contributed by atoms with van der Waals surface area (Å²) in [7, 11) is 0. The predicted octanol–water partition coefficient (Wildman–Crippen LogP) is 2.63. The lowest BCUT2D eigenvalue weighted by Gasteiger charge is -2.06. The molecule has 6 nitrogen and oxygen atoms in total. The summed E-state index contributed by atoms with van der Waals surface area (Å²) in [6.45, 7) is 2.08. The van der Waals surface area contributed by atoms with Crippen molar-refractivity contribution in [3.05, 3.63) is 59.7 Å². The van der Waals surface area contributed by atoms with E-state index in [1.54, 1.807) is 12.3 Å². The number of carboxylic acid groups (broad SMARTS) is 1. The maximum absolute atomic E-state index is 11.3. The molecule has 0 radical (unpaired) electrons. The van der Waals surface area contributed by atoms with Gasteiger partial charge in [0.15, 0.2) is 11.5 Å². The predicted molar refractivity (Wildman–Crippen MR) is 79.3 cm³/mol. The van der Waals surface area contributed by atoms with Gasteiger partial charge in [0, 0.05) is 6.20 Å². The number of carboxylic acids is 1. The summed E-state index contributed by atoms with van der Waals surface area (Å²) in [6.07, 6.45) is 1.64. The van der Waals surface area contributed by atoms with E-state index < -0.39 is 5.97 Å². The molecule has 0 bridgehead atoms. The van der Waals surface area contributed by atoms with Gasteiger partial charge in [-0.05, 0) is 31.2 Å². The Morgan fingerprint density at radius 3 is 2.68 bits per heavy atom. The molecule has 1 aromatic carbocycles. The molecule has 0 saturated heterocycles. The van der Waals surface area contributed by atoms with Crippen LogP contribution in [0.4, 0.5) is 0 Å². The fourth-order valence-electron chi connectivity index (χ4n) is 2.22. The van der Waals surface area contributed by atoms with Crippen LogP contribution in [0.3, 0.4) is 0 Å². The average Bonchev–Trinajstić information content (AvgIpc) is 2.87. The van der Waals surface area contributed by atoms with Gasteiger partial charge in [-0.3, -0.25) is 4.40 Å². The van der Waals surface area contributed by atoms with Crippen LogP contribution in [0.25, 0.3) is 5.52 Å². The number of ether oxygens (including phenoxy) is 1. The Hall–Kier alpha value is -3.02. The van der Waals surface area contributed by atoms with Gasteiger partial charge in [-0.1, -0.05) is 17.7 Å². The average molecular weight is 298 g/mol. The molecule has 0 fully saturated rings. The number of aryl methyl sites for hydroxylation is 1. The van der Waals surface area contributed by atoms with Crippen molar-refractivity contribution in [1.29, 1.82) is 0 Å². The summed E-state index contributed by atoms with van der Waals surface area (Å²) in [5.74, 6) is -0.252. The fourth-order valence-corrected chi connectivity index (χ4v) is 2.22. The molecule has 0 amide bonds. The molecule has 0 aliphatic carbocycles. The molecular weight excluding hydrogens is 284 g/mol. The largest absolute Gasteiger partial charge is 0.506 e. The van der Waals surface area contributed by atoms with Gasteiger partial charge in [-0.25, -0.2) is 9.78 Å². The highest BCUT2D eigenvalue weighted by molar-refractivity contribution is 5.95. The van der Waals surface area contributed by atoms with E-state index in [2.05, 4.69) is 4.98 Å². The number of nitrogens with zero attached hydrogens (tertiary/aromatic N) is 2. The minimum atomic E-state index is -1.19. The van der Waals surface area contributed by atoms with Crippen molar-refractivity contribution in [2.75, 3.05) is 0 Å². The van der Waals surface area contributed by atoms with Gasteiger partial charge in [-0.2, -0.15) is 0 Å². The molecule has 0 atom stereocenters. The molecule has 0 aliphatic rings. The van der Waals surface area contributed by atoms with E-state index in [1.807, 2.05) is 31.2 Å². The molecule has 112 valence electrons. The van der Waals surface area contributed by atoms with Crippen molar-refractivity contribution < 1.29 is 19.7 Å². The zero-order chi connectivity index (χ0) is 15.7. The van der Waals surface area contributed by atoms with E-state index in [9.17, 15) is 15.0 Å². The van der Waals surface area contributed by atoms with Crippen LogP contribution in [0.1, 0.15) is 21.9 Å². The van der Waals surface area contributed by atoms with Crippen molar-refractivity contribution in [3.8, 4) is 11.5 Å². The lowest BCUT2D eigenvalue weighted by atomic mass is 10.2. The standard InChI is InChI=1S/C16H14N2O4/c1-10-4-6-11(7-5-10)22-9-13-17-14(16(20)21)15-12(19)3-2-8-18(13)15/h2-8,19H,9H2,1H3,(H,20,21). The van der Waals surface area contributed by atoms with Crippen LogP contribution in [0.15, 0.2) is 42.6 Å². The number of fused-ring (bicyclic) bond motifs is 1. The van der Waals surface area contributed by atoms with Crippen LogP contribution in [0.5, 0.6) is 11.5 Å². The maximum Gasteiger partial charge on any atom is 0.356 e. The summed E-state index contributed by atoms with van der Waals surface area (Å²) in [5, 5.41) is 19.1. The number of hydrogen-bond acceptors (Lipinski definition) is 4. The molecule has 22 heavy (non-hydrogen) atoms. The summed E-state index contributed by atoms with van der Waals surface area (Å²) in [6, 6.07) is 10.6. The summed E-state index contributed by atoms with van der Waals surface area (Å²) in [5.41, 5.74) is 1.09. The number of aromatic carboxylic acids is 1. The number of pyridine rings is 1. The molecule has 3 rings (SSSR count). The van der Waals surface area contributed by atoms with E-state index >= 15 is 0 Å². The number of carbonyl (C=O) groups is 1. The molecule has 3 aromatic rings. The Balaban J connectivity index is 1.95. The number of benzene rings is 1. The van der Waals surface area contributed by atoms with Gasteiger partial charge >= 0.3 is 5.97 Å². The van der Waals surface area contributed by atoms with E-state index in [4.69, 9.17) is 4.74 Å². The molecule has 0 unspecified atom stereocenters. The summed E-state index contributed by atoms with van der Waals surface area (Å²) < 4.78 is 7.15. The normalized spacial score (nSPS) is 10.8. The molecular formula is C16H14N2O4. The highest BCUT2D eigenvalue weighted by Crippen LogP contribution is 2.24. The summed E-state index contributed by atoms with van der Waals surface area (Å²) >= 11 is 0. The first kappa shape index (κ1) is 13.9. The Morgan fingerprint density at radius 1 is 1.27 bits per heavy atom. The van der Waals surface area contributed by atoms with Crippen LogP contribution < -0.4 is 4.74 Å². The minimum absolute atomic E-state index is 0.0982. The Bertz CT molecular complexity index is 837. The lowest BCUT2D eigenvalue weighted by Crippen LogP contribution is -2.01. The Labute approximate surface area is 126 Å². The molecule has 0 aliphatic heterocycles. The monoisotopic (exact) mass is 298 g/mol. The number of aromatic nitrogens is 2. The number of aromatic hydroxyl groups is 1. The van der Waals surface area contributed by atoms with Crippen LogP contribution in [0, 0.1) is 6.92 Å². The smallest absolute Gasteiger partial charge is 0.356 e. The van der Waals surface area contributed by atoms with Crippen molar-refractivity contribution in [2.24, 2.45) is 0 Å². The quantitative estimate of drug-likeness (QED) is 0.773. The first-order chi connectivity index (χ1) is 10.6. The van der Waals surface area contributed by atoms with E-state index in [0.29, 0.717) is 11.6 Å². The van der Waals surface area contributed by atoms with Crippen LogP contribution in [0.2, 0.25) is 0 Å². The second-order valence-corrected chi connectivity index (χ2v) is 4.90. The second-order valence-electron chi connectivity index (χ2n) is 4.90. The zero-order valence-electron chi connectivity index (χ0n) is 11.9. The number of imidazole rings is 1. The summed E-state index contributed by atoms with van der Waals surface area (Å²) in [4.78, 5) is 15.3. The van der Waals surface area contributed by atoms with E-state index in [-0.39, 0.29) is 23.6 Å². The fraction of sp³-hybridized carbons (Fsp3) is 0.125. The van der Waals surface area contributed by atoms with E-state index in [1.165, 1.54) is 10.5 Å². The second kappa shape index (κ2) is 5.40. The third kappa shape index (κ3) is 2.46. The van der Waals surface area contributed by atoms with Gasteiger partial charge in [0.2, 0.25) is 0 Å². The Morgan fingerprint density at radius 2 is 2.00 bits per heavy atom. The van der Waals surface area contributed by atoms with Crippen molar-refractivity contribution in [3.63, 3.8) is 0 Å². The van der Waals surface area contributed by atoms with Gasteiger partial charge < -0.3 is 14.9 Å². The third-order valence-electron chi connectivity index (χ3n) is 3.31. The molecule has 2 N–H and O–H groups in total. The van der Waals surface area contributed by atoms with Gasteiger partial charge in [0.25, 0.3) is 0 Å². The topological polar surface area (TPSA) is 84.1 Å². The maximum atomic E-state index is 11.3. The first-order valence-electron chi connectivity index (χ1n) is 6.68. The SMILES string of the molecule is Cc1ccc(OCc2nc(C(=O)O)c3c(O)cccn23)cc1. The van der Waals surface area contributed by atoms with Gasteiger partial charge in [-0.15, -0.1) is 0 Å². The highest BCUT2D eigenvalue weighted by atomic mass is 16.5. The third-order valence-corrected chi connectivity index (χ3v) is 3.31. The zero-order valence-corrected chi connectivity index (χ0v) is 11.9. The Kier molecular flexibility index (Phi) is 3.42. The van der Waals surface area contributed by atoms with E-state index in [0.717, 1.165) is 5.56 Å². The van der Waals surface area contributed by atoms with Crippen LogP contribution >= 0.6 is 0 Å². The van der Waals surface area contributed by atoms with Crippen LogP contribution in [-0.4, -0.2) is 25.6 Å². The van der Waals surface area contributed by atoms with Gasteiger partial charge in [0.1, 0.15) is 23.6 Å². The van der Waals surface area contributed by atoms with Gasteiger partial charge in [0.05, 0.1) is 0 Å². The number of rotatable bonds is 4. The molecule has 2 heterocycles. The number of hydrogen-bond donors (Lipinski definition) is 2. The highest BCUT2D eigenvalue weighted by Gasteiger charge is 2.19. The molecule has 6 heteroatoms. The lowest BCUT2D eigenvalue weighted by molar-refractivity contribution is 0.0692. The first-order valence-corrected chi connectivity index (χ1v) is 6.68. The molecule has 2 aromatic heterocycles. The molecule has 0 spiro atoms. The van der Waals surface area contributed by atoms with Crippen molar-refractivity contribution >= 4 is 11.5 Å². The minimum Gasteiger partial charge on any atom is -0.506 e. The molecule has 0 saturated carbocycles. The van der Waals surface area contributed by atoms with Crippen molar-refractivity contribution in [2.45, 2.75) is 13.5 Å².